The number of likely N-dealkylation sites (tertiary alicyclic amines) is 1. The summed E-state index contributed by atoms with van der Waals surface area (Å²) < 4.78 is 5.63. The normalized spacial score (nSPS) is 24.7. The summed E-state index contributed by atoms with van der Waals surface area (Å²) in [5.74, 6) is 1.73. The zero-order chi connectivity index (χ0) is 14.7. The molecule has 114 valence electrons. The van der Waals surface area contributed by atoms with Gasteiger partial charge in [-0.1, -0.05) is 12.5 Å². The van der Waals surface area contributed by atoms with Crippen molar-refractivity contribution in [2.75, 3.05) is 18.9 Å². The number of nitrogen functional groups attached to an aromatic ring is 1. The Bertz CT molecular complexity index is 503. The first-order valence-corrected chi connectivity index (χ1v) is 8.02. The van der Waals surface area contributed by atoms with Gasteiger partial charge in [0.25, 0.3) is 0 Å². The van der Waals surface area contributed by atoms with Gasteiger partial charge in [-0.25, -0.2) is 0 Å². The van der Waals surface area contributed by atoms with Gasteiger partial charge in [0.2, 0.25) is 5.91 Å². The van der Waals surface area contributed by atoms with Crippen LogP contribution in [0.15, 0.2) is 24.3 Å². The van der Waals surface area contributed by atoms with Gasteiger partial charge in [0, 0.05) is 24.3 Å². The summed E-state index contributed by atoms with van der Waals surface area (Å²) in [5.41, 5.74) is 6.39. The Labute approximate surface area is 126 Å². The van der Waals surface area contributed by atoms with E-state index in [0.29, 0.717) is 24.8 Å². The molecule has 0 radical (unpaired) electrons. The Hall–Kier alpha value is -1.71. The molecule has 0 spiro atoms. The molecule has 1 heterocycles. The van der Waals surface area contributed by atoms with Crippen LogP contribution in [0, 0.1) is 5.92 Å². The number of carbonyl (C=O) groups excluding carboxylic acids is 1. The first kappa shape index (κ1) is 14.2. The van der Waals surface area contributed by atoms with E-state index in [-0.39, 0.29) is 5.91 Å². The molecule has 2 fully saturated rings. The standard InChI is InChI=1S/C17H24N2O2/c18-14-6-2-7-15(12-14)21-11-9-17(20)19-10-3-5-13-4-1-8-16(13)19/h2,6-7,12-13,16H,1,3-5,8-11,18H2. The number of carbonyl (C=O) groups is 1. The van der Waals surface area contributed by atoms with Crippen molar-refractivity contribution in [2.45, 2.75) is 44.6 Å². The van der Waals surface area contributed by atoms with Crippen LogP contribution in [-0.4, -0.2) is 30.0 Å². The highest BCUT2D eigenvalue weighted by molar-refractivity contribution is 5.76. The summed E-state index contributed by atoms with van der Waals surface area (Å²) in [4.78, 5) is 14.5. The molecular weight excluding hydrogens is 264 g/mol. The fourth-order valence-electron chi connectivity index (χ4n) is 3.77. The Balaban J connectivity index is 1.50. The van der Waals surface area contributed by atoms with Crippen LogP contribution in [0.25, 0.3) is 0 Å². The average molecular weight is 288 g/mol. The molecule has 2 atom stereocenters. The van der Waals surface area contributed by atoms with E-state index >= 15 is 0 Å². The first-order valence-electron chi connectivity index (χ1n) is 8.02. The molecule has 1 aromatic carbocycles. The number of piperidine rings is 1. The Morgan fingerprint density at radius 1 is 1.29 bits per heavy atom. The molecular formula is C17H24N2O2. The monoisotopic (exact) mass is 288 g/mol. The van der Waals surface area contributed by atoms with Crippen molar-refractivity contribution in [3.05, 3.63) is 24.3 Å². The molecule has 2 unspecified atom stereocenters. The molecule has 1 saturated carbocycles. The second-order valence-electron chi connectivity index (χ2n) is 6.16. The topological polar surface area (TPSA) is 55.6 Å². The molecule has 0 aromatic heterocycles. The average Bonchev–Trinajstić information content (AvgIpc) is 2.95. The van der Waals surface area contributed by atoms with Gasteiger partial charge in [-0.15, -0.1) is 0 Å². The molecule has 3 rings (SSSR count). The number of ether oxygens (including phenoxy) is 1. The van der Waals surface area contributed by atoms with E-state index in [4.69, 9.17) is 10.5 Å². The zero-order valence-electron chi connectivity index (χ0n) is 12.5. The van der Waals surface area contributed by atoms with E-state index in [0.717, 1.165) is 24.6 Å². The lowest BCUT2D eigenvalue weighted by Gasteiger charge is -2.37. The SMILES string of the molecule is Nc1cccc(OCCC(=O)N2CCCC3CCCC32)c1. The minimum Gasteiger partial charge on any atom is -0.493 e. The van der Waals surface area contributed by atoms with Crippen molar-refractivity contribution in [1.29, 1.82) is 0 Å². The summed E-state index contributed by atoms with van der Waals surface area (Å²) in [6, 6.07) is 7.85. The zero-order valence-corrected chi connectivity index (χ0v) is 12.5. The van der Waals surface area contributed by atoms with E-state index in [9.17, 15) is 4.79 Å². The van der Waals surface area contributed by atoms with E-state index in [2.05, 4.69) is 4.90 Å². The lowest BCUT2D eigenvalue weighted by molar-refractivity contribution is -0.136. The summed E-state index contributed by atoms with van der Waals surface area (Å²) in [6.45, 7) is 1.36. The van der Waals surface area contributed by atoms with Crippen molar-refractivity contribution < 1.29 is 9.53 Å². The van der Waals surface area contributed by atoms with Gasteiger partial charge in [0.05, 0.1) is 13.0 Å². The van der Waals surface area contributed by atoms with E-state index in [1.165, 1.54) is 25.7 Å². The number of hydrogen-bond donors (Lipinski definition) is 1. The molecule has 0 bridgehead atoms. The first-order chi connectivity index (χ1) is 10.2. The number of benzene rings is 1. The van der Waals surface area contributed by atoms with Crippen molar-refractivity contribution in [3.8, 4) is 5.75 Å². The minimum absolute atomic E-state index is 0.246. The van der Waals surface area contributed by atoms with E-state index in [1.54, 1.807) is 6.07 Å². The molecule has 2 aliphatic rings. The van der Waals surface area contributed by atoms with Crippen LogP contribution in [0.3, 0.4) is 0 Å². The number of fused-ring (bicyclic) bond motifs is 1. The van der Waals surface area contributed by atoms with Gasteiger partial charge >= 0.3 is 0 Å². The van der Waals surface area contributed by atoms with Crippen LogP contribution < -0.4 is 10.5 Å². The van der Waals surface area contributed by atoms with Crippen molar-refractivity contribution in [1.82, 2.24) is 4.90 Å². The highest BCUT2D eigenvalue weighted by atomic mass is 16.5. The number of rotatable bonds is 4. The van der Waals surface area contributed by atoms with Gasteiger partial charge in [-0.3, -0.25) is 4.79 Å². The molecule has 1 saturated heterocycles. The van der Waals surface area contributed by atoms with Gasteiger partial charge < -0.3 is 15.4 Å². The number of amides is 1. The Morgan fingerprint density at radius 2 is 2.14 bits per heavy atom. The smallest absolute Gasteiger partial charge is 0.226 e. The summed E-state index contributed by atoms with van der Waals surface area (Å²) >= 11 is 0. The van der Waals surface area contributed by atoms with Crippen LogP contribution >= 0.6 is 0 Å². The van der Waals surface area contributed by atoms with Gasteiger partial charge in [0.15, 0.2) is 0 Å². The summed E-state index contributed by atoms with van der Waals surface area (Å²) in [5, 5.41) is 0. The van der Waals surface area contributed by atoms with E-state index < -0.39 is 0 Å². The van der Waals surface area contributed by atoms with Gasteiger partial charge in [0.1, 0.15) is 5.75 Å². The fourth-order valence-corrected chi connectivity index (χ4v) is 3.77. The maximum Gasteiger partial charge on any atom is 0.226 e. The molecule has 1 aromatic rings. The third-order valence-corrected chi connectivity index (χ3v) is 4.76. The van der Waals surface area contributed by atoms with Crippen LogP contribution in [-0.2, 0) is 4.79 Å². The molecule has 4 nitrogen and oxygen atoms in total. The minimum atomic E-state index is 0.246. The van der Waals surface area contributed by atoms with Crippen LogP contribution in [0.4, 0.5) is 5.69 Å². The summed E-state index contributed by atoms with van der Waals surface area (Å²) in [7, 11) is 0. The number of hydrogen-bond acceptors (Lipinski definition) is 3. The van der Waals surface area contributed by atoms with Gasteiger partial charge in [-0.05, 0) is 43.7 Å². The molecule has 1 aliphatic heterocycles. The molecule has 21 heavy (non-hydrogen) atoms. The fraction of sp³-hybridized carbons (Fsp3) is 0.588. The van der Waals surface area contributed by atoms with Crippen LogP contribution in [0.2, 0.25) is 0 Å². The van der Waals surface area contributed by atoms with Crippen molar-refractivity contribution in [3.63, 3.8) is 0 Å². The molecule has 4 heteroatoms. The number of anilines is 1. The second kappa shape index (κ2) is 6.37. The van der Waals surface area contributed by atoms with Crippen molar-refractivity contribution >= 4 is 11.6 Å². The molecule has 2 N–H and O–H groups in total. The second-order valence-corrected chi connectivity index (χ2v) is 6.16. The number of nitrogens with two attached hydrogens (primary N) is 1. The summed E-state index contributed by atoms with van der Waals surface area (Å²) in [6.07, 6.45) is 6.68. The lowest BCUT2D eigenvalue weighted by atomic mass is 9.92. The quantitative estimate of drug-likeness (QED) is 0.867. The third-order valence-electron chi connectivity index (χ3n) is 4.76. The number of nitrogens with zero attached hydrogens (tertiary/aromatic N) is 1. The molecule has 1 amide bonds. The highest BCUT2D eigenvalue weighted by Gasteiger charge is 2.36. The van der Waals surface area contributed by atoms with E-state index in [1.807, 2.05) is 18.2 Å². The van der Waals surface area contributed by atoms with Gasteiger partial charge in [-0.2, -0.15) is 0 Å². The predicted octanol–water partition coefficient (Wildman–Crippen LogP) is 2.83. The Kier molecular flexibility index (Phi) is 4.32. The Morgan fingerprint density at radius 3 is 3.00 bits per heavy atom. The lowest BCUT2D eigenvalue weighted by Crippen LogP contribution is -2.46. The van der Waals surface area contributed by atoms with Crippen LogP contribution in [0.1, 0.15) is 38.5 Å². The largest absolute Gasteiger partial charge is 0.493 e. The molecule has 1 aliphatic carbocycles. The predicted molar refractivity (Wildman–Crippen MR) is 83.0 cm³/mol. The maximum absolute atomic E-state index is 12.4. The van der Waals surface area contributed by atoms with Crippen molar-refractivity contribution in [2.24, 2.45) is 5.92 Å². The highest BCUT2D eigenvalue weighted by Crippen LogP contribution is 2.36. The maximum atomic E-state index is 12.4. The van der Waals surface area contributed by atoms with Crippen LogP contribution in [0.5, 0.6) is 5.75 Å². The third kappa shape index (κ3) is 3.31.